The van der Waals surface area contributed by atoms with E-state index < -0.39 is 5.82 Å². The maximum atomic E-state index is 13.0. The van der Waals surface area contributed by atoms with Crippen molar-refractivity contribution in [3.8, 4) is 0 Å². The van der Waals surface area contributed by atoms with Gasteiger partial charge in [0.05, 0.1) is 6.54 Å². The first-order valence-corrected chi connectivity index (χ1v) is 6.04. The fourth-order valence-electron chi connectivity index (χ4n) is 1.57. The maximum Gasteiger partial charge on any atom is 0.251 e. The molecule has 5 nitrogen and oxygen atoms in total. The third-order valence-corrected chi connectivity index (χ3v) is 2.47. The lowest BCUT2D eigenvalue weighted by Crippen LogP contribution is -2.23. The van der Waals surface area contributed by atoms with E-state index in [2.05, 4.69) is 15.5 Å². The predicted molar refractivity (Wildman–Crippen MR) is 65.9 cm³/mol. The number of rotatable bonds is 5. The number of nitrogens with zero attached hydrogens (tertiary/aromatic N) is 2. The summed E-state index contributed by atoms with van der Waals surface area (Å²) in [6.07, 6.45) is 1.63. The first-order valence-electron chi connectivity index (χ1n) is 6.04. The summed E-state index contributed by atoms with van der Waals surface area (Å²) >= 11 is 0. The van der Waals surface area contributed by atoms with Gasteiger partial charge in [-0.1, -0.05) is 18.1 Å². The summed E-state index contributed by atoms with van der Waals surface area (Å²) in [6.45, 7) is 2.16. The Morgan fingerprint density at radius 1 is 1.47 bits per heavy atom. The van der Waals surface area contributed by atoms with E-state index in [-0.39, 0.29) is 18.0 Å². The zero-order valence-electron chi connectivity index (χ0n) is 10.5. The number of carbonyl (C=O) groups is 1. The Morgan fingerprint density at radius 2 is 2.32 bits per heavy atom. The Labute approximate surface area is 109 Å². The Hall–Kier alpha value is -2.24. The molecular weight excluding hydrogens is 249 g/mol. The summed E-state index contributed by atoms with van der Waals surface area (Å²) in [5, 5.41) is 6.35. The zero-order chi connectivity index (χ0) is 13.7. The van der Waals surface area contributed by atoms with Gasteiger partial charge in [-0.05, 0) is 24.6 Å². The van der Waals surface area contributed by atoms with Crippen LogP contribution in [0.1, 0.15) is 35.4 Å². The van der Waals surface area contributed by atoms with E-state index in [9.17, 15) is 9.18 Å². The summed E-state index contributed by atoms with van der Waals surface area (Å²) in [4.78, 5) is 15.9. The van der Waals surface area contributed by atoms with Gasteiger partial charge >= 0.3 is 0 Å². The minimum absolute atomic E-state index is 0.155. The highest BCUT2D eigenvalue weighted by molar-refractivity contribution is 5.94. The molecule has 0 bridgehead atoms. The summed E-state index contributed by atoms with van der Waals surface area (Å²) in [5.41, 5.74) is 0.261. The van der Waals surface area contributed by atoms with Crippen molar-refractivity contribution in [1.29, 1.82) is 0 Å². The molecule has 0 fully saturated rings. The highest BCUT2D eigenvalue weighted by Gasteiger charge is 2.09. The standard InChI is InChI=1S/C13H14FN3O2/c1-2-4-12-16-11(17-19-12)8-15-13(18)9-5-3-6-10(14)7-9/h3,5-7H,2,4,8H2,1H3,(H,15,18). The van der Waals surface area contributed by atoms with Gasteiger partial charge in [-0.15, -0.1) is 0 Å². The molecule has 1 N–H and O–H groups in total. The minimum atomic E-state index is -0.447. The first-order chi connectivity index (χ1) is 9.19. The van der Waals surface area contributed by atoms with Crippen molar-refractivity contribution in [1.82, 2.24) is 15.5 Å². The second-order valence-electron chi connectivity index (χ2n) is 4.05. The van der Waals surface area contributed by atoms with Crippen LogP contribution >= 0.6 is 0 Å². The van der Waals surface area contributed by atoms with Crippen LogP contribution in [0, 0.1) is 5.82 Å². The van der Waals surface area contributed by atoms with E-state index in [0.717, 1.165) is 6.42 Å². The summed E-state index contributed by atoms with van der Waals surface area (Å²) in [7, 11) is 0. The number of halogens is 1. The maximum absolute atomic E-state index is 13.0. The number of carbonyl (C=O) groups excluding carboxylic acids is 1. The minimum Gasteiger partial charge on any atom is -0.345 e. The van der Waals surface area contributed by atoms with Crippen molar-refractivity contribution < 1.29 is 13.7 Å². The fraction of sp³-hybridized carbons (Fsp3) is 0.308. The van der Waals surface area contributed by atoms with Gasteiger partial charge in [0.25, 0.3) is 5.91 Å². The van der Waals surface area contributed by atoms with Crippen LogP contribution in [-0.4, -0.2) is 16.0 Å². The normalized spacial score (nSPS) is 10.4. The molecule has 0 unspecified atom stereocenters. The number of amides is 1. The molecule has 1 aromatic carbocycles. The third kappa shape index (κ3) is 3.61. The number of benzene rings is 1. The van der Waals surface area contributed by atoms with Crippen LogP contribution in [0.5, 0.6) is 0 Å². The number of aromatic nitrogens is 2. The molecule has 0 saturated heterocycles. The van der Waals surface area contributed by atoms with Gasteiger partial charge in [0.1, 0.15) is 5.82 Å². The van der Waals surface area contributed by atoms with Gasteiger partial charge in [0.2, 0.25) is 5.89 Å². The Bertz CT molecular complexity index is 569. The van der Waals surface area contributed by atoms with Crippen LogP contribution in [0.2, 0.25) is 0 Å². The molecule has 0 aliphatic heterocycles. The van der Waals surface area contributed by atoms with Crippen molar-refractivity contribution in [2.75, 3.05) is 0 Å². The monoisotopic (exact) mass is 263 g/mol. The molecule has 0 spiro atoms. The lowest BCUT2D eigenvalue weighted by molar-refractivity contribution is 0.0949. The van der Waals surface area contributed by atoms with Crippen molar-refractivity contribution in [3.63, 3.8) is 0 Å². The van der Waals surface area contributed by atoms with Gasteiger partial charge in [-0.2, -0.15) is 4.98 Å². The highest BCUT2D eigenvalue weighted by Crippen LogP contribution is 2.04. The van der Waals surface area contributed by atoms with E-state index >= 15 is 0 Å². The average molecular weight is 263 g/mol. The highest BCUT2D eigenvalue weighted by atomic mass is 19.1. The molecule has 19 heavy (non-hydrogen) atoms. The quantitative estimate of drug-likeness (QED) is 0.896. The third-order valence-electron chi connectivity index (χ3n) is 2.47. The number of hydrogen-bond donors (Lipinski definition) is 1. The molecule has 1 aromatic heterocycles. The summed E-state index contributed by atoms with van der Waals surface area (Å²) < 4.78 is 17.9. The molecule has 100 valence electrons. The Morgan fingerprint density at radius 3 is 3.05 bits per heavy atom. The molecule has 0 saturated carbocycles. The van der Waals surface area contributed by atoms with Crippen LogP contribution < -0.4 is 5.32 Å². The average Bonchev–Trinajstić information content (AvgIpc) is 2.84. The van der Waals surface area contributed by atoms with E-state index in [1.165, 1.54) is 24.3 Å². The molecule has 0 radical (unpaired) electrons. The van der Waals surface area contributed by atoms with E-state index in [1.54, 1.807) is 0 Å². The first kappa shape index (κ1) is 13.2. The molecule has 0 aliphatic rings. The van der Waals surface area contributed by atoms with Gasteiger partial charge in [0, 0.05) is 12.0 Å². The van der Waals surface area contributed by atoms with Crippen LogP contribution in [-0.2, 0) is 13.0 Å². The van der Waals surface area contributed by atoms with Gasteiger partial charge in [0.15, 0.2) is 5.82 Å². The smallest absolute Gasteiger partial charge is 0.251 e. The van der Waals surface area contributed by atoms with Crippen molar-refractivity contribution >= 4 is 5.91 Å². The number of nitrogens with one attached hydrogen (secondary N) is 1. The molecule has 0 aliphatic carbocycles. The van der Waals surface area contributed by atoms with Gasteiger partial charge in [-0.3, -0.25) is 4.79 Å². The topological polar surface area (TPSA) is 68.0 Å². The van der Waals surface area contributed by atoms with Crippen molar-refractivity contribution in [2.24, 2.45) is 0 Å². The molecule has 2 rings (SSSR count). The summed E-state index contributed by atoms with van der Waals surface area (Å²) in [5.74, 6) is 0.143. The zero-order valence-corrected chi connectivity index (χ0v) is 10.5. The number of hydrogen-bond acceptors (Lipinski definition) is 4. The molecular formula is C13H14FN3O2. The second kappa shape index (κ2) is 6.08. The Balaban J connectivity index is 1.92. The predicted octanol–water partition coefficient (Wildman–Crippen LogP) is 2.09. The molecule has 1 amide bonds. The fourth-order valence-corrected chi connectivity index (χ4v) is 1.57. The van der Waals surface area contributed by atoms with E-state index in [1.807, 2.05) is 6.92 Å². The molecule has 6 heteroatoms. The van der Waals surface area contributed by atoms with E-state index in [4.69, 9.17) is 4.52 Å². The Kier molecular flexibility index (Phi) is 4.22. The van der Waals surface area contributed by atoms with Gasteiger partial charge in [-0.25, -0.2) is 4.39 Å². The largest absolute Gasteiger partial charge is 0.345 e. The number of aryl methyl sites for hydroxylation is 1. The van der Waals surface area contributed by atoms with Crippen LogP contribution in [0.4, 0.5) is 4.39 Å². The van der Waals surface area contributed by atoms with Gasteiger partial charge < -0.3 is 9.84 Å². The molecule has 2 aromatic rings. The molecule has 1 heterocycles. The van der Waals surface area contributed by atoms with Crippen LogP contribution in [0.3, 0.4) is 0 Å². The summed E-state index contributed by atoms with van der Waals surface area (Å²) in [6, 6.07) is 5.48. The lowest BCUT2D eigenvalue weighted by atomic mass is 10.2. The lowest BCUT2D eigenvalue weighted by Gasteiger charge is -2.02. The molecule has 0 atom stereocenters. The second-order valence-corrected chi connectivity index (χ2v) is 4.05. The van der Waals surface area contributed by atoms with Crippen molar-refractivity contribution in [2.45, 2.75) is 26.3 Å². The van der Waals surface area contributed by atoms with Crippen LogP contribution in [0.15, 0.2) is 28.8 Å². The van der Waals surface area contributed by atoms with E-state index in [0.29, 0.717) is 18.1 Å². The SMILES string of the molecule is CCCc1nc(CNC(=O)c2cccc(F)c2)no1. The van der Waals surface area contributed by atoms with Crippen LogP contribution in [0.25, 0.3) is 0 Å². The van der Waals surface area contributed by atoms with Crippen molar-refractivity contribution in [3.05, 3.63) is 47.4 Å².